The molecular weight excluding hydrogens is 563 g/mol. The van der Waals surface area contributed by atoms with E-state index in [1.807, 2.05) is 0 Å². The van der Waals surface area contributed by atoms with Crippen LogP contribution in [0.5, 0.6) is 0 Å². The van der Waals surface area contributed by atoms with Crippen molar-refractivity contribution in [2.24, 2.45) is 5.73 Å². The van der Waals surface area contributed by atoms with Gasteiger partial charge >= 0.3 is 18.2 Å². The maximum absolute atomic E-state index is 13.6. The van der Waals surface area contributed by atoms with Gasteiger partial charge in [-0.15, -0.1) is 0 Å². The number of fused-ring (bicyclic) bond motifs is 2. The van der Waals surface area contributed by atoms with Crippen LogP contribution in [-0.4, -0.2) is 78.7 Å². The molecule has 2 bridgehead atoms. The maximum Gasteiger partial charge on any atom is 0.416 e. The molecule has 2 amide bonds. The monoisotopic (exact) mass is 596 g/mol. The highest BCUT2D eigenvalue weighted by molar-refractivity contribution is 6.10. The van der Waals surface area contributed by atoms with Crippen molar-refractivity contribution in [1.29, 1.82) is 10.7 Å². The number of halogens is 3. The molecule has 13 heteroatoms. The summed E-state index contributed by atoms with van der Waals surface area (Å²) in [6.45, 7) is 7.73. The second kappa shape index (κ2) is 11.3. The number of nitrogens with one attached hydrogen (secondary N) is 1. The molecule has 2 saturated heterocycles. The van der Waals surface area contributed by atoms with E-state index in [0.29, 0.717) is 23.1 Å². The minimum Gasteiger partial charge on any atom is -0.466 e. The number of carbonyl (C=O) groups is 2. The Balaban J connectivity index is 1.61. The quantitative estimate of drug-likeness (QED) is 0.369. The summed E-state index contributed by atoms with van der Waals surface area (Å²) >= 11 is 0. The number of esters is 1. The van der Waals surface area contributed by atoms with E-state index in [9.17, 15) is 28.0 Å². The molecule has 3 aliphatic rings. The summed E-state index contributed by atoms with van der Waals surface area (Å²) in [4.78, 5) is 30.7. The summed E-state index contributed by atoms with van der Waals surface area (Å²) in [5.41, 5.74) is 6.40. The second-order valence-electron chi connectivity index (χ2n) is 11.2. The number of amides is 2. The Morgan fingerprint density at radius 2 is 1.91 bits per heavy atom. The Hall–Kier alpha value is -4.41. The number of hydrogen-bond donors (Lipinski definition) is 2. The van der Waals surface area contributed by atoms with Crippen LogP contribution in [0, 0.1) is 16.7 Å². The van der Waals surface area contributed by atoms with E-state index in [0.717, 1.165) is 79.3 Å². The van der Waals surface area contributed by atoms with E-state index in [-0.39, 0.29) is 17.0 Å². The Bertz CT molecular complexity index is 1540. The predicted octanol–water partition coefficient (Wildman–Crippen LogP) is 3.94. The predicted molar refractivity (Wildman–Crippen MR) is 151 cm³/mol. The fourth-order valence-corrected chi connectivity index (χ4v) is 6.56. The van der Waals surface area contributed by atoms with E-state index >= 15 is 0 Å². The van der Waals surface area contributed by atoms with Crippen LogP contribution < -0.4 is 10.6 Å². The van der Waals surface area contributed by atoms with Crippen molar-refractivity contribution >= 4 is 23.6 Å². The van der Waals surface area contributed by atoms with Gasteiger partial charge < -0.3 is 15.0 Å². The number of aryl methyl sites for hydroxylation is 1. The molecule has 0 aliphatic carbocycles. The first-order valence-corrected chi connectivity index (χ1v) is 13.9. The molecule has 226 valence electrons. The number of alkyl halides is 3. The molecule has 1 atom stereocenters. The molecule has 0 unspecified atom stereocenters. The Kier molecular flexibility index (Phi) is 7.93. The zero-order valence-corrected chi connectivity index (χ0v) is 23.9. The van der Waals surface area contributed by atoms with Crippen molar-refractivity contribution in [3.8, 4) is 6.07 Å². The number of nitrogens with two attached hydrogens (primary N) is 1. The SMILES string of the molecule is COC(=O)C1=C(C)N(c2cccc(C(F)(F)F)c2)C(=N)N(C(N)=O)[C@@H]1c1ccc(C#N)cc1CCC[N+]12CCN(CC1)C2. The number of nitrogens with zero attached hydrogens (tertiary/aromatic N) is 5. The van der Waals surface area contributed by atoms with Crippen molar-refractivity contribution in [1.82, 2.24) is 9.80 Å². The average molecular weight is 597 g/mol. The largest absolute Gasteiger partial charge is 0.466 e. The third-order valence-corrected chi connectivity index (χ3v) is 8.70. The van der Waals surface area contributed by atoms with Crippen LogP contribution in [0.4, 0.5) is 23.7 Å². The molecular formula is C30H33F3N7O3+. The molecule has 3 aliphatic heterocycles. The van der Waals surface area contributed by atoms with Crippen LogP contribution in [-0.2, 0) is 22.1 Å². The molecule has 3 N–H and O–H groups in total. The molecule has 43 heavy (non-hydrogen) atoms. The number of urea groups is 1. The molecule has 2 aromatic carbocycles. The average Bonchev–Trinajstić information content (AvgIpc) is 3.57. The summed E-state index contributed by atoms with van der Waals surface area (Å²) in [5.74, 6) is -1.36. The minimum atomic E-state index is -4.66. The topological polar surface area (TPSA) is 127 Å². The fraction of sp³-hybridized carbons (Fsp3) is 0.400. The Morgan fingerprint density at radius 3 is 2.49 bits per heavy atom. The van der Waals surface area contributed by atoms with Gasteiger partial charge in [-0.25, -0.2) is 14.5 Å². The molecule has 0 spiro atoms. The summed E-state index contributed by atoms with van der Waals surface area (Å²) in [5, 5.41) is 18.6. The van der Waals surface area contributed by atoms with Gasteiger partial charge in [0.25, 0.3) is 0 Å². The number of guanidine groups is 1. The number of hydrogen-bond acceptors (Lipinski definition) is 6. The standard InChI is InChI=1S/C30H32F3N7O3/c1-19-25(27(41)43-2)26(39(29(36)42)28(35)38(19)23-7-3-6-22(16-23)30(31,32)33)24-9-8-20(17-34)15-21(24)5-4-12-40-13-10-37(18-40)11-14-40/h3,6-9,15-16,26,35H,4-5,10-14,18H2,1-2H3,(H-,36,42)/p+1/t26-/m1/s1. The number of piperazine rings is 1. The highest BCUT2D eigenvalue weighted by Crippen LogP contribution is 2.42. The summed E-state index contributed by atoms with van der Waals surface area (Å²) in [7, 11) is 1.16. The van der Waals surface area contributed by atoms with Gasteiger partial charge in [0.2, 0.25) is 5.96 Å². The number of carbonyl (C=O) groups excluding carboxylic acids is 2. The number of methoxy groups -OCH3 is 1. The van der Waals surface area contributed by atoms with Gasteiger partial charge in [-0.2, -0.15) is 18.4 Å². The van der Waals surface area contributed by atoms with Gasteiger partial charge in [-0.05, 0) is 54.8 Å². The smallest absolute Gasteiger partial charge is 0.416 e. The molecule has 2 aromatic rings. The first-order valence-electron chi connectivity index (χ1n) is 13.9. The van der Waals surface area contributed by atoms with E-state index in [1.165, 1.54) is 19.1 Å². The normalized spacial score (nSPS) is 23.5. The van der Waals surface area contributed by atoms with Crippen LogP contribution in [0.15, 0.2) is 53.7 Å². The first-order chi connectivity index (χ1) is 20.4. The number of primary amides is 1. The van der Waals surface area contributed by atoms with Crippen molar-refractivity contribution < 1.29 is 32.0 Å². The lowest BCUT2D eigenvalue weighted by Crippen LogP contribution is -2.55. The molecule has 10 nitrogen and oxygen atoms in total. The van der Waals surface area contributed by atoms with Gasteiger partial charge in [-0.1, -0.05) is 12.1 Å². The van der Waals surface area contributed by atoms with Gasteiger partial charge in [0.1, 0.15) is 12.7 Å². The van der Waals surface area contributed by atoms with E-state index in [1.54, 1.807) is 18.2 Å². The van der Waals surface area contributed by atoms with Crippen LogP contribution in [0.25, 0.3) is 0 Å². The number of rotatable bonds is 7. The summed E-state index contributed by atoms with van der Waals surface area (Å²) in [6.07, 6.45) is -3.34. The van der Waals surface area contributed by atoms with Gasteiger partial charge in [0, 0.05) is 17.8 Å². The third-order valence-electron chi connectivity index (χ3n) is 8.70. The third kappa shape index (κ3) is 5.55. The van der Waals surface area contributed by atoms with Crippen LogP contribution in [0.2, 0.25) is 0 Å². The zero-order valence-electron chi connectivity index (χ0n) is 23.9. The number of ether oxygens (including phenoxy) is 1. The van der Waals surface area contributed by atoms with Gasteiger partial charge in [0.15, 0.2) is 0 Å². The van der Waals surface area contributed by atoms with E-state index < -0.39 is 35.7 Å². The number of allylic oxidation sites excluding steroid dienone is 1. The van der Waals surface area contributed by atoms with Crippen molar-refractivity contribution in [2.75, 3.05) is 51.4 Å². The number of nitriles is 1. The van der Waals surface area contributed by atoms with Crippen molar-refractivity contribution in [3.05, 3.63) is 76.0 Å². The maximum atomic E-state index is 13.6. The van der Waals surface area contributed by atoms with Gasteiger partial charge in [-0.3, -0.25) is 15.2 Å². The molecule has 0 saturated carbocycles. The lowest BCUT2D eigenvalue weighted by molar-refractivity contribution is -0.908. The number of anilines is 1. The van der Waals surface area contributed by atoms with Crippen molar-refractivity contribution in [2.45, 2.75) is 32.0 Å². The van der Waals surface area contributed by atoms with Gasteiger partial charge in [0.05, 0.1) is 62.6 Å². The zero-order chi connectivity index (χ0) is 31.1. The Labute approximate surface area is 247 Å². The number of quaternary nitrogens is 1. The number of benzene rings is 2. The summed E-state index contributed by atoms with van der Waals surface area (Å²) < 4.78 is 46.8. The molecule has 0 aromatic heterocycles. The molecule has 5 rings (SSSR count). The van der Waals surface area contributed by atoms with Crippen LogP contribution in [0.3, 0.4) is 0 Å². The lowest BCUT2D eigenvalue weighted by atomic mass is 9.87. The van der Waals surface area contributed by atoms with Crippen LogP contribution >= 0.6 is 0 Å². The second-order valence-corrected chi connectivity index (χ2v) is 11.2. The highest BCUT2D eigenvalue weighted by atomic mass is 19.4. The summed E-state index contributed by atoms with van der Waals surface area (Å²) in [6, 6.07) is 9.02. The van der Waals surface area contributed by atoms with Crippen molar-refractivity contribution in [3.63, 3.8) is 0 Å². The minimum absolute atomic E-state index is 0.0581. The molecule has 0 radical (unpaired) electrons. The fourth-order valence-electron chi connectivity index (χ4n) is 6.56. The van der Waals surface area contributed by atoms with Crippen LogP contribution in [0.1, 0.15) is 41.6 Å². The molecule has 2 fully saturated rings. The van der Waals surface area contributed by atoms with E-state index in [4.69, 9.17) is 15.9 Å². The Morgan fingerprint density at radius 1 is 1.19 bits per heavy atom. The first kappa shape index (κ1) is 30.1. The molecule has 3 heterocycles. The lowest BCUT2D eigenvalue weighted by Gasteiger charge is -2.43. The highest BCUT2D eigenvalue weighted by Gasteiger charge is 2.45. The van der Waals surface area contributed by atoms with E-state index in [2.05, 4.69) is 11.0 Å².